The molecule has 104 valence electrons. The van der Waals surface area contributed by atoms with Gasteiger partial charge in [-0.3, -0.25) is 0 Å². The molecule has 1 heterocycles. The smallest absolute Gasteiger partial charge is 0.162 e. The van der Waals surface area contributed by atoms with Crippen molar-refractivity contribution < 1.29 is 4.74 Å². The third-order valence-electron chi connectivity index (χ3n) is 4.54. The van der Waals surface area contributed by atoms with E-state index in [1.807, 2.05) is 0 Å². The van der Waals surface area contributed by atoms with Gasteiger partial charge in [0.25, 0.3) is 0 Å². The Morgan fingerprint density at radius 1 is 1.21 bits per heavy atom. The molecule has 0 N–H and O–H groups in total. The number of rotatable bonds is 3. The zero-order valence-corrected chi connectivity index (χ0v) is 14.0. The van der Waals surface area contributed by atoms with E-state index < -0.39 is 0 Å². The minimum atomic E-state index is -0.276. The fraction of sp³-hybridized carbons (Fsp3) is 0.714. The van der Waals surface area contributed by atoms with Crippen LogP contribution in [0.15, 0.2) is 0 Å². The summed E-state index contributed by atoms with van der Waals surface area (Å²) in [4.78, 5) is 9.34. The van der Waals surface area contributed by atoms with E-state index in [1.54, 1.807) is 7.11 Å². The molecule has 3 nitrogen and oxygen atoms in total. The average molecular weight is 393 g/mol. The predicted molar refractivity (Wildman–Crippen MR) is 83.5 cm³/mol. The van der Waals surface area contributed by atoms with Gasteiger partial charge in [0.05, 0.1) is 9.26 Å². The molecule has 0 amide bonds. The van der Waals surface area contributed by atoms with Crippen LogP contribution >= 0.6 is 34.2 Å². The quantitative estimate of drug-likeness (QED) is 0.564. The van der Waals surface area contributed by atoms with Gasteiger partial charge in [-0.15, -0.1) is 0 Å². The summed E-state index contributed by atoms with van der Waals surface area (Å²) < 4.78 is 6.71. The molecule has 0 unspecified atom stereocenters. The number of hydrogen-bond donors (Lipinski definition) is 0. The van der Waals surface area contributed by atoms with Crippen LogP contribution in [0.25, 0.3) is 0 Å². The van der Waals surface area contributed by atoms with Crippen molar-refractivity contribution in [2.75, 3.05) is 7.11 Å². The first-order valence-electron chi connectivity index (χ1n) is 6.95. The van der Waals surface area contributed by atoms with Crippen molar-refractivity contribution in [2.45, 2.75) is 56.5 Å². The van der Waals surface area contributed by atoms with E-state index in [4.69, 9.17) is 21.3 Å². The molecule has 19 heavy (non-hydrogen) atoms. The molecule has 2 aliphatic carbocycles. The largest absolute Gasteiger partial charge is 0.370 e. The fourth-order valence-corrected chi connectivity index (χ4v) is 3.98. The van der Waals surface area contributed by atoms with Crippen molar-refractivity contribution in [3.63, 3.8) is 0 Å². The molecule has 2 fully saturated rings. The first-order chi connectivity index (χ1) is 9.16. The normalized spacial score (nSPS) is 22.5. The van der Waals surface area contributed by atoms with Crippen molar-refractivity contribution in [1.82, 2.24) is 9.97 Å². The summed E-state index contributed by atoms with van der Waals surface area (Å²) in [6, 6.07) is 0. The van der Waals surface area contributed by atoms with E-state index in [0.717, 1.165) is 27.9 Å². The zero-order chi connectivity index (χ0) is 13.5. The zero-order valence-electron chi connectivity index (χ0n) is 11.1. The molecule has 2 saturated carbocycles. The van der Waals surface area contributed by atoms with Crippen LogP contribution in [0.4, 0.5) is 0 Å². The summed E-state index contributed by atoms with van der Waals surface area (Å²) in [5.74, 6) is 1.36. The van der Waals surface area contributed by atoms with Crippen LogP contribution in [0.5, 0.6) is 0 Å². The molecule has 0 aliphatic heterocycles. The highest BCUT2D eigenvalue weighted by molar-refractivity contribution is 14.1. The van der Waals surface area contributed by atoms with Gasteiger partial charge < -0.3 is 4.74 Å². The van der Waals surface area contributed by atoms with Gasteiger partial charge in [0.2, 0.25) is 0 Å². The highest BCUT2D eigenvalue weighted by Gasteiger charge is 2.42. The van der Waals surface area contributed by atoms with Crippen LogP contribution in [0.1, 0.15) is 62.4 Å². The number of aromatic nitrogens is 2. The number of methoxy groups -OCH3 is 1. The molecule has 0 radical (unpaired) electrons. The molecule has 0 saturated heterocycles. The van der Waals surface area contributed by atoms with Crippen molar-refractivity contribution >= 4 is 34.2 Å². The number of ether oxygens (including phenoxy) is 1. The number of halogens is 2. The maximum absolute atomic E-state index is 6.33. The van der Waals surface area contributed by atoms with Gasteiger partial charge in [0.1, 0.15) is 10.8 Å². The molecule has 1 aromatic heterocycles. The summed E-state index contributed by atoms with van der Waals surface area (Å²) in [6.07, 6.45) is 8.24. The topological polar surface area (TPSA) is 35.0 Å². The second-order valence-corrected chi connectivity index (χ2v) is 7.01. The monoisotopic (exact) mass is 392 g/mol. The minimum Gasteiger partial charge on any atom is -0.370 e. The van der Waals surface area contributed by atoms with Gasteiger partial charge in [-0.2, -0.15) is 0 Å². The van der Waals surface area contributed by atoms with Gasteiger partial charge in [-0.05, 0) is 54.7 Å². The van der Waals surface area contributed by atoms with Gasteiger partial charge >= 0.3 is 0 Å². The van der Waals surface area contributed by atoms with E-state index >= 15 is 0 Å². The first-order valence-corrected chi connectivity index (χ1v) is 8.40. The van der Waals surface area contributed by atoms with Crippen LogP contribution < -0.4 is 0 Å². The fourth-order valence-electron chi connectivity index (χ4n) is 3.13. The Morgan fingerprint density at radius 2 is 1.89 bits per heavy atom. The maximum Gasteiger partial charge on any atom is 0.162 e. The van der Waals surface area contributed by atoms with Crippen LogP contribution in [0.3, 0.4) is 0 Å². The average Bonchev–Trinajstić information content (AvgIpc) is 2.86. The molecule has 1 aromatic rings. The highest BCUT2D eigenvalue weighted by Crippen LogP contribution is 2.44. The van der Waals surface area contributed by atoms with Crippen LogP contribution in [-0.4, -0.2) is 17.1 Å². The van der Waals surface area contributed by atoms with E-state index in [1.165, 1.54) is 32.1 Å². The predicted octanol–water partition coefficient (Wildman–Crippen LogP) is 4.42. The first kappa shape index (κ1) is 14.0. The number of hydrogen-bond acceptors (Lipinski definition) is 3. The van der Waals surface area contributed by atoms with Gasteiger partial charge in [0, 0.05) is 13.0 Å². The molecule has 0 atom stereocenters. The molecular formula is C14H18ClIN2O. The Kier molecular flexibility index (Phi) is 4.02. The van der Waals surface area contributed by atoms with Crippen molar-refractivity contribution in [1.29, 1.82) is 0 Å². The molecule has 0 aromatic carbocycles. The molecule has 3 rings (SSSR count). The Bertz CT molecular complexity index is 479. The molecule has 0 spiro atoms. The summed E-state index contributed by atoms with van der Waals surface area (Å²) >= 11 is 8.61. The summed E-state index contributed by atoms with van der Waals surface area (Å²) in [5, 5.41) is 0.593. The Morgan fingerprint density at radius 3 is 2.42 bits per heavy atom. The minimum absolute atomic E-state index is 0.276. The molecule has 2 aliphatic rings. The van der Waals surface area contributed by atoms with Gasteiger partial charge in [-0.1, -0.05) is 24.4 Å². The lowest BCUT2D eigenvalue weighted by Gasteiger charge is -2.39. The third kappa shape index (κ3) is 2.40. The van der Waals surface area contributed by atoms with E-state index in [0.29, 0.717) is 11.1 Å². The van der Waals surface area contributed by atoms with Crippen molar-refractivity contribution in [3.05, 3.63) is 20.2 Å². The second-order valence-electron chi connectivity index (χ2n) is 5.57. The molecule has 0 bridgehead atoms. The van der Waals surface area contributed by atoms with E-state index in [-0.39, 0.29) is 5.60 Å². The van der Waals surface area contributed by atoms with Crippen LogP contribution in [-0.2, 0) is 10.3 Å². The summed E-state index contributed by atoms with van der Waals surface area (Å²) in [7, 11) is 1.75. The van der Waals surface area contributed by atoms with Crippen molar-refractivity contribution in [3.8, 4) is 0 Å². The Balaban J connectivity index is 2.02. The van der Waals surface area contributed by atoms with Crippen LogP contribution in [0.2, 0.25) is 5.15 Å². The lowest BCUT2D eigenvalue weighted by molar-refractivity contribution is -0.0848. The third-order valence-corrected chi connectivity index (χ3v) is 6.19. The van der Waals surface area contributed by atoms with Gasteiger partial charge in [0.15, 0.2) is 5.82 Å². The van der Waals surface area contributed by atoms with Gasteiger partial charge in [-0.25, -0.2) is 9.97 Å². The lowest BCUT2D eigenvalue weighted by Crippen LogP contribution is -2.38. The summed E-state index contributed by atoms with van der Waals surface area (Å²) in [6.45, 7) is 0. The Hall–Kier alpha value is 0.0600. The maximum atomic E-state index is 6.33. The summed E-state index contributed by atoms with van der Waals surface area (Å²) in [5.41, 5.74) is 0.873. The van der Waals surface area contributed by atoms with Crippen LogP contribution in [0, 0.1) is 3.57 Å². The standard InChI is InChI=1S/C14H18ClIN2O/c1-19-14(7-4-8-14)13-17-11(9-5-2-3-6-9)10(16)12(15)18-13/h9H,2-8H2,1H3. The lowest BCUT2D eigenvalue weighted by atomic mass is 9.79. The molecular weight excluding hydrogens is 375 g/mol. The highest BCUT2D eigenvalue weighted by atomic mass is 127. The molecule has 5 heteroatoms. The SMILES string of the molecule is COC1(c2nc(Cl)c(I)c(C3CCCC3)n2)CCC1. The second kappa shape index (κ2) is 5.45. The van der Waals surface area contributed by atoms with Crippen molar-refractivity contribution in [2.24, 2.45) is 0 Å². The van der Waals surface area contributed by atoms with E-state index in [2.05, 4.69) is 27.6 Å². The Labute approximate surface area is 132 Å². The number of nitrogens with zero attached hydrogens (tertiary/aromatic N) is 2. The van der Waals surface area contributed by atoms with E-state index in [9.17, 15) is 0 Å².